The second-order valence-electron chi connectivity index (χ2n) is 9.14. The first-order chi connectivity index (χ1) is 17.7. The number of nitrogens with one attached hydrogen (secondary N) is 2. The van der Waals surface area contributed by atoms with Crippen LogP contribution in [-0.4, -0.2) is 58.6 Å². The highest BCUT2D eigenvalue weighted by Gasteiger charge is 2.36. The summed E-state index contributed by atoms with van der Waals surface area (Å²) in [4.78, 5) is 22.2. The van der Waals surface area contributed by atoms with Crippen molar-refractivity contribution >= 4 is 44.8 Å². The molecule has 0 bridgehead atoms. The van der Waals surface area contributed by atoms with Gasteiger partial charge in [0.1, 0.15) is 18.2 Å². The Balaban J connectivity index is 1.36. The van der Waals surface area contributed by atoms with Crippen LogP contribution < -0.4 is 10.0 Å². The molecule has 10 nitrogen and oxygen atoms in total. The summed E-state index contributed by atoms with van der Waals surface area (Å²) in [7, 11) is -4.46. The minimum Gasteiger partial charge on any atom is -0.391 e. The van der Waals surface area contributed by atoms with Gasteiger partial charge in [0.15, 0.2) is 0 Å². The minimum absolute atomic E-state index is 0.197. The van der Waals surface area contributed by atoms with Crippen molar-refractivity contribution in [2.45, 2.75) is 50.0 Å². The van der Waals surface area contributed by atoms with E-state index in [2.05, 4.69) is 15.3 Å². The van der Waals surface area contributed by atoms with Gasteiger partial charge in [-0.25, -0.2) is 9.97 Å². The van der Waals surface area contributed by atoms with E-state index in [4.69, 9.17) is 20.9 Å². The molecule has 0 spiro atoms. The molecule has 37 heavy (non-hydrogen) atoms. The number of aliphatic hydroxyl groups is 1. The molecule has 4 N–H and O–H groups in total. The van der Waals surface area contributed by atoms with Crippen LogP contribution in [0.25, 0.3) is 0 Å². The van der Waals surface area contributed by atoms with Gasteiger partial charge in [0.2, 0.25) is 5.78 Å². The van der Waals surface area contributed by atoms with Crippen LogP contribution in [0.5, 0.6) is 0 Å². The largest absolute Gasteiger partial charge is 0.391 e. The highest BCUT2D eigenvalue weighted by Crippen LogP contribution is 2.36. The Kier molecular flexibility index (Phi) is 7.59. The minimum atomic E-state index is -4.46. The number of ketones is 1. The number of nitrogens with zero attached hydrogens (tertiary/aromatic N) is 2. The summed E-state index contributed by atoms with van der Waals surface area (Å²) in [5, 5.41) is 15.9. The molecule has 1 fully saturated rings. The van der Waals surface area contributed by atoms with Crippen molar-refractivity contribution in [3.05, 3.63) is 74.3 Å². The predicted molar refractivity (Wildman–Crippen MR) is 138 cm³/mol. The molecule has 2 aromatic heterocycles. The number of aryl methyl sites for hydroxylation is 1. The molecule has 3 heterocycles. The zero-order chi connectivity index (χ0) is 26.2. The third kappa shape index (κ3) is 6.01. The van der Waals surface area contributed by atoms with Gasteiger partial charge in [-0.2, -0.15) is 13.1 Å². The Bertz CT molecular complexity index is 1420. The first-order valence-corrected chi connectivity index (χ1v) is 14.4. The van der Waals surface area contributed by atoms with Crippen molar-refractivity contribution in [2.24, 2.45) is 0 Å². The molecule has 1 aliphatic heterocycles. The summed E-state index contributed by atoms with van der Waals surface area (Å²) >= 11 is 7.57. The van der Waals surface area contributed by atoms with Crippen LogP contribution in [0.15, 0.2) is 42.2 Å². The van der Waals surface area contributed by atoms with Crippen molar-refractivity contribution in [1.82, 2.24) is 14.7 Å². The first-order valence-electron chi connectivity index (χ1n) is 11.7. The first kappa shape index (κ1) is 26.2. The average Bonchev–Trinajstić information content (AvgIpc) is 3.39. The number of thiophene rings is 1. The highest BCUT2D eigenvalue weighted by atomic mass is 35.5. The highest BCUT2D eigenvalue weighted by molar-refractivity contribution is 7.83. The SMILES string of the molecule is O=C(c1cc([C@H]2OCCCc3ccc(Cl)cc32)cs1)c1cncnc1N[C@@H]1CC(NS(=O)(=O)O)[C@@H](O)C1. The maximum Gasteiger partial charge on any atom is 0.333 e. The number of aromatic nitrogens is 2. The fourth-order valence-corrected chi connectivity index (χ4v) is 6.55. The second-order valence-corrected chi connectivity index (χ2v) is 11.7. The molecular formula is C24H25ClN4O6S2. The van der Waals surface area contributed by atoms with Crippen molar-refractivity contribution in [1.29, 1.82) is 0 Å². The lowest BCUT2D eigenvalue weighted by Crippen LogP contribution is -2.39. The van der Waals surface area contributed by atoms with Crippen LogP contribution in [-0.2, 0) is 21.5 Å². The molecule has 5 rings (SSSR count). The molecule has 1 unspecified atom stereocenters. The Morgan fingerprint density at radius 1 is 1.24 bits per heavy atom. The maximum atomic E-state index is 13.5. The van der Waals surface area contributed by atoms with Gasteiger partial charge in [0.25, 0.3) is 0 Å². The van der Waals surface area contributed by atoms with Crippen LogP contribution in [0.4, 0.5) is 5.82 Å². The monoisotopic (exact) mass is 564 g/mol. The van der Waals surface area contributed by atoms with Crippen LogP contribution in [0, 0.1) is 0 Å². The number of benzene rings is 1. The number of carbonyl (C=O) groups excluding carboxylic acids is 1. The number of carbonyl (C=O) groups is 1. The Morgan fingerprint density at radius 2 is 2.08 bits per heavy atom. The predicted octanol–water partition coefficient (Wildman–Crippen LogP) is 3.17. The molecule has 0 saturated heterocycles. The second kappa shape index (κ2) is 10.7. The fraction of sp³-hybridized carbons (Fsp3) is 0.375. The maximum absolute atomic E-state index is 13.5. The van der Waals surface area contributed by atoms with E-state index in [1.807, 2.05) is 34.4 Å². The normalized spacial score (nSPS) is 23.9. The molecule has 0 amide bonds. The van der Waals surface area contributed by atoms with E-state index >= 15 is 0 Å². The van der Waals surface area contributed by atoms with Crippen LogP contribution in [0.2, 0.25) is 5.02 Å². The number of hydrogen-bond donors (Lipinski definition) is 4. The lowest BCUT2D eigenvalue weighted by molar-refractivity contribution is 0.0844. The molecular weight excluding hydrogens is 540 g/mol. The van der Waals surface area contributed by atoms with Gasteiger partial charge in [-0.3, -0.25) is 9.35 Å². The van der Waals surface area contributed by atoms with Crippen LogP contribution >= 0.6 is 22.9 Å². The average molecular weight is 565 g/mol. The van der Waals surface area contributed by atoms with E-state index in [1.165, 1.54) is 29.4 Å². The van der Waals surface area contributed by atoms with Gasteiger partial charge in [0.05, 0.1) is 22.6 Å². The van der Waals surface area contributed by atoms with Crippen molar-refractivity contribution < 1.29 is 27.6 Å². The van der Waals surface area contributed by atoms with Crippen LogP contribution in [0.1, 0.15) is 57.3 Å². The van der Waals surface area contributed by atoms with Gasteiger partial charge in [-0.1, -0.05) is 17.7 Å². The lowest BCUT2D eigenvalue weighted by atomic mass is 9.96. The standard InChI is InChI=1S/C24H25ClN4O6S2/c25-15-4-3-13-2-1-5-35-23(17(13)7-15)14-6-21(36-11-14)22(31)18-10-26-12-27-24(18)28-16-8-19(20(30)9-16)29-37(32,33)34/h3-4,6-7,10-12,16,19-20,23,29-30H,1-2,5,8-9H2,(H,26,27,28)(H,32,33,34)/t16-,19?,20+,23-/m1/s1. The van der Waals surface area contributed by atoms with E-state index < -0.39 is 22.4 Å². The van der Waals surface area contributed by atoms with E-state index in [9.17, 15) is 18.3 Å². The molecule has 2 aliphatic rings. The summed E-state index contributed by atoms with van der Waals surface area (Å²) in [5.74, 6) is 0.00736. The topological polar surface area (TPSA) is 151 Å². The van der Waals surface area contributed by atoms with Gasteiger partial charge in [-0.05, 0) is 66.0 Å². The van der Waals surface area contributed by atoms with E-state index in [-0.39, 0.29) is 42.2 Å². The zero-order valence-electron chi connectivity index (χ0n) is 19.5. The number of anilines is 1. The fourth-order valence-electron chi connectivity index (χ4n) is 4.86. The molecule has 1 saturated carbocycles. The summed E-state index contributed by atoms with van der Waals surface area (Å²) in [6.07, 6.45) is 3.59. The number of aliphatic hydroxyl groups excluding tert-OH is 1. The Labute approximate surface area is 222 Å². The zero-order valence-corrected chi connectivity index (χ0v) is 21.9. The van der Waals surface area contributed by atoms with Gasteiger partial charge in [0, 0.05) is 23.9 Å². The van der Waals surface area contributed by atoms with Gasteiger partial charge in [-0.15, -0.1) is 11.3 Å². The van der Waals surface area contributed by atoms with E-state index in [0.717, 1.165) is 24.0 Å². The smallest absolute Gasteiger partial charge is 0.333 e. The Hall–Kier alpha value is -2.45. The molecule has 196 valence electrons. The number of ether oxygens (including phenoxy) is 1. The van der Waals surface area contributed by atoms with Crippen LogP contribution in [0.3, 0.4) is 0 Å². The Morgan fingerprint density at radius 3 is 2.89 bits per heavy atom. The van der Waals surface area contributed by atoms with Gasteiger partial charge >= 0.3 is 10.3 Å². The summed E-state index contributed by atoms with van der Waals surface area (Å²) in [6, 6.07) is 6.39. The molecule has 1 aromatic carbocycles. The lowest BCUT2D eigenvalue weighted by Gasteiger charge is -2.17. The molecule has 1 aliphatic carbocycles. The molecule has 0 radical (unpaired) electrons. The summed E-state index contributed by atoms with van der Waals surface area (Å²) in [6.45, 7) is 0.595. The molecule has 4 atom stereocenters. The van der Waals surface area contributed by atoms with Crippen molar-refractivity contribution in [2.75, 3.05) is 11.9 Å². The molecule has 3 aromatic rings. The van der Waals surface area contributed by atoms with Crippen molar-refractivity contribution in [3.8, 4) is 0 Å². The number of fused-ring (bicyclic) bond motifs is 1. The number of rotatable bonds is 7. The molecule has 13 heteroatoms. The van der Waals surface area contributed by atoms with E-state index in [1.54, 1.807) is 0 Å². The van der Waals surface area contributed by atoms with Crippen molar-refractivity contribution in [3.63, 3.8) is 0 Å². The van der Waals surface area contributed by atoms with Gasteiger partial charge < -0.3 is 15.2 Å². The van der Waals surface area contributed by atoms with E-state index in [0.29, 0.717) is 16.5 Å². The number of hydrogen-bond acceptors (Lipinski definition) is 9. The number of halogens is 1. The quantitative estimate of drug-likeness (QED) is 0.250. The summed E-state index contributed by atoms with van der Waals surface area (Å²) in [5.41, 5.74) is 3.29. The third-order valence-electron chi connectivity index (χ3n) is 6.54. The summed E-state index contributed by atoms with van der Waals surface area (Å²) < 4.78 is 39.5. The third-order valence-corrected chi connectivity index (χ3v) is 8.32.